The molecule has 0 atom stereocenters. The maximum Gasteiger partial charge on any atom is 0.345 e. The van der Waals surface area contributed by atoms with E-state index in [1.165, 1.54) is 13.3 Å². The zero-order valence-electron chi connectivity index (χ0n) is 11.2. The summed E-state index contributed by atoms with van der Waals surface area (Å²) in [6.07, 6.45) is 5.54. The fourth-order valence-corrected chi connectivity index (χ4v) is 1.74. The summed E-state index contributed by atoms with van der Waals surface area (Å²) in [6.45, 7) is 3.69. The van der Waals surface area contributed by atoms with Crippen molar-refractivity contribution in [1.29, 1.82) is 0 Å². The quantitative estimate of drug-likeness (QED) is 0.475. The minimum absolute atomic E-state index is 0.390. The molecule has 4 heteroatoms. The van der Waals surface area contributed by atoms with E-state index >= 15 is 0 Å². The number of allylic oxidation sites excluding steroid dienone is 1. The Morgan fingerprint density at radius 1 is 1.35 bits per heavy atom. The number of hydrogen-bond acceptors (Lipinski definition) is 4. The molecule has 20 heavy (non-hydrogen) atoms. The van der Waals surface area contributed by atoms with Gasteiger partial charge in [-0.1, -0.05) is 12.1 Å². The number of benzene rings is 1. The fourth-order valence-electron chi connectivity index (χ4n) is 1.74. The molecule has 0 N–H and O–H groups in total. The molecule has 0 spiro atoms. The first-order valence-electron chi connectivity index (χ1n) is 6.14. The summed E-state index contributed by atoms with van der Waals surface area (Å²) in [6, 6.07) is 8.78. The largest absolute Gasteiger partial charge is 0.493 e. The van der Waals surface area contributed by atoms with Gasteiger partial charge in [-0.25, -0.2) is 4.79 Å². The van der Waals surface area contributed by atoms with Gasteiger partial charge in [0.1, 0.15) is 0 Å². The molecule has 0 aliphatic heterocycles. The Bertz CT molecular complexity index is 608. The number of carbonyl (C=O) groups is 1. The monoisotopic (exact) mass is 269 g/mol. The van der Waals surface area contributed by atoms with Crippen LogP contribution in [0.4, 0.5) is 0 Å². The third kappa shape index (κ3) is 3.23. The molecule has 102 valence electrons. The minimum atomic E-state index is -0.466. The molecule has 0 saturated heterocycles. The smallest absolute Gasteiger partial charge is 0.345 e. The number of methoxy groups -OCH3 is 1. The average molecular weight is 269 g/mol. The van der Waals surface area contributed by atoms with Crippen molar-refractivity contribution in [2.45, 2.75) is 6.42 Å². The van der Waals surface area contributed by atoms with Gasteiger partial charge in [-0.2, -0.15) is 0 Å². The van der Waals surface area contributed by atoms with Crippen molar-refractivity contribution < 1.29 is 14.3 Å². The van der Waals surface area contributed by atoms with Crippen molar-refractivity contribution >= 4 is 5.97 Å². The molecule has 0 aliphatic carbocycles. The molecule has 2 aromatic rings. The number of pyridine rings is 1. The maximum atomic E-state index is 12.0. The van der Waals surface area contributed by atoms with Crippen LogP contribution in [0.15, 0.2) is 55.4 Å². The van der Waals surface area contributed by atoms with E-state index in [1.807, 2.05) is 6.07 Å². The molecule has 0 amide bonds. The predicted molar refractivity (Wildman–Crippen MR) is 76.1 cm³/mol. The average Bonchev–Trinajstić information content (AvgIpc) is 2.49. The SMILES string of the molecule is C=CCc1ccc(OC)c(OC(=O)c2cccnc2)c1. The zero-order chi connectivity index (χ0) is 14.4. The molecule has 1 aromatic heterocycles. The number of hydrogen-bond donors (Lipinski definition) is 0. The van der Waals surface area contributed by atoms with Crippen molar-refractivity contribution in [1.82, 2.24) is 4.98 Å². The van der Waals surface area contributed by atoms with Crippen molar-refractivity contribution in [3.63, 3.8) is 0 Å². The molecule has 1 aromatic carbocycles. The van der Waals surface area contributed by atoms with E-state index in [-0.39, 0.29) is 0 Å². The standard InChI is InChI=1S/C16H15NO3/c1-3-5-12-7-8-14(19-2)15(10-12)20-16(18)13-6-4-9-17-11-13/h3-4,6-11H,1,5H2,2H3. The summed E-state index contributed by atoms with van der Waals surface area (Å²) >= 11 is 0. The molecule has 0 bridgehead atoms. The second-order valence-electron chi connectivity index (χ2n) is 4.11. The highest BCUT2D eigenvalue weighted by molar-refractivity contribution is 5.91. The fraction of sp³-hybridized carbons (Fsp3) is 0.125. The Morgan fingerprint density at radius 3 is 2.85 bits per heavy atom. The summed E-state index contributed by atoms with van der Waals surface area (Å²) in [5, 5.41) is 0. The molecule has 4 nitrogen and oxygen atoms in total. The number of esters is 1. The highest BCUT2D eigenvalue weighted by Gasteiger charge is 2.12. The molecule has 0 saturated carbocycles. The van der Waals surface area contributed by atoms with Gasteiger partial charge in [0.25, 0.3) is 0 Å². The number of ether oxygens (including phenoxy) is 2. The lowest BCUT2D eigenvalue weighted by Gasteiger charge is -2.10. The minimum Gasteiger partial charge on any atom is -0.493 e. The second-order valence-corrected chi connectivity index (χ2v) is 4.11. The number of aromatic nitrogens is 1. The van der Waals surface area contributed by atoms with Gasteiger partial charge in [-0.05, 0) is 36.2 Å². The summed E-state index contributed by atoms with van der Waals surface area (Å²) in [7, 11) is 1.53. The van der Waals surface area contributed by atoms with Crippen molar-refractivity contribution in [3.8, 4) is 11.5 Å². The first-order valence-corrected chi connectivity index (χ1v) is 6.14. The van der Waals surface area contributed by atoms with E-state index in [0.717, 1.165) is 5.56 Å². The van der Waals surface area contributed by atoms with Crippen molar-refractivity contribution in [2.75, 3.05) is 7.11 Å². The van der Waals surface area contributed by atoms with Gasteiger partial charge < -0.3 is 9.47 Å². The lowest BCUT2D eigenvalue weighted by Crippen LogP contribution is -2.09. The van der Waals surface area contributed by atoms with Gasteiger partial charge in [0.2, 0.25) is 0 Å². The summed E-state index contributed by atoms with van der Waals surface area (Å²) < 4.78 is 10.6. The highest BCUT2D eigenvalue weighted by Crippen LogP contribution is 2.29. The van der Waals surface area contributed by atoms with E-state index in [0.29, 0.717) is 23.5 Å². The Hall–Kier alpha value is -2.62. The second kappa shape index (κ2) is 6.52. The van der Waals surface area contributed by atoms with Crippen molar-refractivity contribution in [3.05, 3.63) is 66.5 Å². The first kappa shape index (κ1) is 13.8. The van der Waals surface area contributed by atoms with Crippen LogP contribution < -0.4 is 9.47 Å². The summed E-state index contributed by atoms with van der Waals surface area (Å²) in [4.78, 5) is 15.9. The molecule has 1 heterocycles. The van der Waals surface area contributed by atoms with Crippen LogP contribution in [-0.4, -0.2) is 18.1 Å². The van der Waals surface area contributed by atoms with E-state index in [9.17, 15) is 4.79 Å². The zero-order valence-corrected chi connectivity index (χ0v) is 11.2. The molecule has 2 rings (SSSR count). The van der Waals surface area contributed by atoms with E-state index in [1.54, 1.807) is 36.5 Å². The molecule has 0 aliphatic rings. The Labute approximate surface area is 117 Å². The predicted octanol–water partition coefficient (Wildman–Crippen LogP) is 3.04. The van der Waals surface area contributed by atoms with Crippen LogP contribution in [0.25, 0.3) is 0 Å². The van der Waals surface area contributed by atoms with Crippen molar-refractivity contribution in [2.24, 2.45) is 0 Å². The Kier molecular flexibility index (Phi) is 4.50. The lowest BCUT2D eigenvalue weighted by molar-refractivity contribution is 0.0729. The normalized spacial score (nSPS) is 9.85. The summed E-state index contributed by atoms with van der Waals surface area (Å²) in [5.74, 6) is 0.433. The molecule has 0 unspecified atom stereocenters. The van der Waals surface area contributed by atoms with Crippen LogP contribution in [0, 0.1) is 0 Å². The summed E-state index contributed by atoms with van der Waals surface area (Å²) in [5.41, 5.74) is 1.39. The van der Waals surface area contributed by atoms with Crippen LogP contribution in [0.5, 0.6) is 11.5 Å². The van der Waals surface area contributed by atoms with Crippen LogP contribution in [0.3, 0.4) is 0 Å². The third-order valence-corrected chi connectivity index (χ3v) is 2.71. The Balaban J connectivity index is 2.25. The van der Waals surface area contributed by atoms with Gasteiger partial charge in [0.15, 0.2) is 11.5 Å². The van der Waals surface area contributed by atoms with Gasteiger partial charge in [-0.15, -0.1) is 6.58 Å². The van der Waals surface area contributed by atoms with Gasteiger partial charge >= 0.3 is 5.97 Å². The van der Waals surface area contributed by atoms with Crippen LogP contribution in [0.2, 0.25) is 0 Å². The molecule has 0 radical (unpaired) electrons. The molecular weight excluding hydrogens is 254 g/mol. The first-order chi connectivity index (χ1) is 9.74. The van der Waals surface area contributed by atoms with Gasteiger partial charge in [0.05, 0.1) is 12.7 Å². The molecule has 0 fully saturated rings. The van der Waals surface area contributed by atoms with Crippen LogP contribution >= 0.6 is 0 Å². The van der Waals surface area contributed by atoms with E-state index < -0.39 is 5.97 Å². The Morgan fingerprint density at radius 2 is 2.20 bits per heavy atom. The highest BCUT2D eigenvalue weighted by atomic mass is 16.6. The lowest BCUT2D eigenvalue weighted by atomic mass is 10.1. The number of carbonyl (C=O) groups excluding carboxylic acids is 1. The maximum absolute atomic E-state index is 12.0. The topological polar surface area (TPSA) is 48.4 Å². The number of rotatable bonds is 5. The van der Waals surface area contributed by atoms with E-state index in [4.69, 9.17) is 9.47 Å². The third-order valence-electron chi connectivity index (χ3n) is 2.71. The van der Waals surface area contributed by atoms with E-state index in [2.05, 4.69) is 11.6 Å². The van der Waals surface area contributed by atoms with Gasteiger partial charge in [0, 0.05) is 12.4 Å². The van der Waals surface area contributed by atoms with Crippen LogP contribution in [-0.2, 0) is 6.42 Å². The van der Waals surface area contributed by atoms with Crippen LogP contribution in [0.1, 0.15) is 15.9 Å². The molecular formula is C16H15NO3. The van der Waals surface area contributed by atoms with Gasteiger partial charge in [-0.3, -0.25) is 4.98 Å². The number of nitrogens with zero attached hydrogens (tertiary/aromatic N) is 1.